The van der Waals surface area contributed by atoms with Gasteiger partial charge in [0, 0.05) is 9.52 Å². The molecule has 0 bridgehead atoms. The van der Waals surface area contributed by atoms with Crippen LogP contribution in [0.5, 0.6) is 0 Å². The maximum atomic E-state index is 3.44. The van der Waals surface area contributed by atoms with Crippen LogP contribution in [0.4, 0.5) is 0 Å². The molecule has 0 spiro atoms. The van der Waals surface area contributed by atoms with E-state index in [2.05, 4.69) is 50.9 Å². The molecule has 1 aromatic carbocycles. The van der Waals surface area contributed by atoms with E-state index in [9.17, 15) is 0 Å². The van der Waals surface area contributed by atoms with Gasteiger partial charge >= 0.3 is 0 Å². The van der Waals surface area contributed by atoms with Crippen molar-refractivity contribution >= 4 is 24.9 Å². The highest BCUT2D eigenvalue weighted by atomic mass is 28.2. The van der Waals surface area contributed by atoms with Crippen LogP contribution in [0.1, 0.15) is 33.3 Å². The molecule has 0 atom stereocenters. The van der Waals surface area contributed by atoms with E-state index < -0.39 is 0 Å². The van der Waals surface area contributed by atoms with Gasteiger partial charge in [-0.15, -0.1) is 0 Å². The van der Waals surface area contributed by atoms with Gasteiger partial charge < -0.3 is 0 Å². The Morgan fingerprint density at radius 2 is 1.47 bits per heavy atom. The van der Waals surface area contributed by atoms with E-state index in [1.807, 2.05) is 18.2 Å². The Labute approximate surface area is 101 Å². The van der Waals surface area contributed by atoms with Crippen molar-refractivity contribution in [3.05, 3.63) is 29.8 Å². The van der Waals surface area contributed by atoms with Crippen molar-refractivity contribution in [3.8, 4) is 0 Å². The van der Waals surface area contributed by atoms with Crippen molar-refractivity contribution in [1.29, 1.82) is 0 Å². The molecule has 0 aliphatic heterocycles. The Balaban J connectivity index is 0.000000265. The number of rotatable bonds is 2. The standard InChI is InChI=1S/C7H7Si.C6H14Si/c1-6-4-2-3-5-7(6)8;1-5(2)7-6(3)4/h2-5H,1H3;5-6H,1-4H3. The lowest BCUT2D eigenvalue weighted by molar-refractivity contribution is 0.971. The molecule has 5 radical (unpaired) electrons. The van der Waals surface area contributed by atoms with Crippen LogP contribution in [0.3, 0.4) is 0 Å². The summed E-state index contributed by atoms with van der Waals surface area (Å²) in [6.07, 6.45) is 0. The average Bonchev–Trinajstić information content (AvgIpc) is 2.08. The van der Waals surface area contributed by atoms with E-state index >= 15 is 0 Å². The number of benzene rings is 1. The van der Waals surface area contributed by atoms with Crippen molar-refractivity contribution in [3.63, 3.8) is 0 Å². The molecule has 0 heterocycles. The Morgan fingerprint density at radius 1 is 1.00 bits per heavy atom. The highest BCUT2D eigenvalue weighted by Crippen LogP contribution is 2.07. The van der Waals surface area contributed by atoms with E-state index in [1.165, 1.54) is 10.8 Å². The molecule has 15 heavy (non-hydrogen) atoms. The summed E-state index contributed by atoms with van der Waals surface area (Å²) in [5.41, 5.74) is 3.09. The van der Waals surface area contributed by atoms with Crippen molar-refractivity contribution in [1.82, 2.24) is 0 Å². The molecule has 81 valence electrons. The molecule has 0 saturated heterocycles. The first kappa shape index (κ1) is 14.7. The summed E-state index contributed by atoms with van der Waals surface area (Å²) in [5.74, 6) is 0. The summed E-state index contributed by atoms with van der Waals surface area (Å²) in [4.78, 5) is 0. The van der Waals surface area contributed by atoms with Crippen LogP contribution in [-0.4, -0.2) is 19.8 Å². The highest BCUT2D eigenvalue weighted by Gasteiger charge is 1.97. The minimum atomic E-state index is 0.903. The van der Waals surface area contributed by atoms with Gasteiger partial charge in [-0.25, -0.2) is 0 Å². The van der Waals surface area contributed by atoms with E-state index in [1.54, 1.807) is 0 Å². The molecular formula is C13H21Si2. The molecule has 2 heteroatoms. The Morgan fingerprint density at radius 3 is 1.67 bits per heavy atom. The molecule has 0 aliphatic carbocycles. The minimum absolute atomic E-state index is 0.903. The van der Waals surface area contributed by atoms with Crippen LogP contribution in [-0.2, 0) is 0 Å². The molecule has 0 N–H and O–H groups in total. The fraction of sp³-hybridized carbons (Fsp3) is 0.538. The molecule has 0 nitrogen and oxygen atoms in total. The third-order valence-electron chi connectivity index (χ3n) is 1.81. The predicted molar refractivity (Wildman–Crippen MR) is 72.5 cm³/mol. The van der Waals surface area contributed by atoms with Crippen LogP contribution in [0.2, 0.25) is 11.1 Å². The number of hydrogen-bond acceptors (Lipinski definition) is 0. The van der Waals surface area contributed by atoms with Gasteiger partial charge in [0.1, 0.15) is 0 Å². The Kier molecular flexibility index (Phi) is 7.70. The summed E-state index contributed by atoms with van der Waals surface area (Å²) < 4.78 is 0. The molecule has 1 aromatic rings. The fourth-order valence-corrected chi connectivity index (χ4v) is 2.75. The third kappa shape index (κ3) is 8.64. The van der Waals surface area contributed by atoms with Gasteiger partial charge in [-0.3, -0.25) is 0 Å². The maximum Gasteiger partial charge on any atom is 0.0715 e. The Bertz CT molecular complexity index is 240. The van der Waals surface area contributed by atoms with Gasteiger partial charge in [0.05, 0.1) is 10.2 Å². The topological polar surface area (TPSA) is 0 Å². The predicted octanol–water partition coefficient (Wildman–Crippen LogP) is 3.14. The number of hydrogen-bond donors (Lipinski definition) is 0. The van der Waals surface area contributed by atoms with Gasteiger partial charge in [-0.1, -0.05) is 73.8 Å². The normalized spacial score (nSPS) is 10.1. The van der Waals surface area contributed by atoms with Gasteiger partial charge in [0.15, 0.2) is 0 Å². The van der Waals surface area contributed by atoms with E-state index in [4.69, 9.17) is 0 Å². The fourth-order valence-electron chi connectivity index (χ4n) is 1.24. The second-order valence-corrected chi connectivity index (χ2v) is 7.47. The quantitative estimate of drug-likeness (QED) is 0.689. The second kappa shape index (κ2) is 7.88. The molecule has 0 aliphatic rings. The van der Waals surface area contributed by atoms with E-state index in [0.717, 1.165) is 20.6 Å². The van der Waals surface area contributed by atoms with Crippen LogP contribution >= 0.6 is 0 Å². The zero-order chi connectivity index (χ0) is 11.8. The van der Waals surface area contributed by atoms with Gasteiger partial charge in [0.25, 0.3) is 0 Å². The lowest BCUT2D eigenvalue weighted by atomic mass is 10.2. The molecule has 0 saturated carbocycles. The molecule has 0 amide bonds. The molecule has 0 aromatic heterocycles. The van der Waals surface area contributed by atoms with Crippen molar-refractivity contribution < 1.29 is 0 Å². The van der Waals surface area contributed by atoms with Crippen LogP contribution in [0, 0.1) is 6.92 Å². The van der Waals surface area contributed by atoms with Gasteiger partial charge in [-0.05, 0) is 6.92 Å². The summed E-state index contributed by atoms with van der Waals surface area (Å²) >= 11 is 0. The Hall–Kier alpha value is -0.346. The summed E-state index contributed by atoms with van der Waals surface area (Å²) in [6, 6.07) is 8.14. The molecule has 1 rings (SSSR count). The van der Waals surface area contributed by atoms with Crippen molar-refractivity contribution in [2.24, 2.45) is 0 Å². The first-order chi connectivity index (χ1) is 6.93. The first-order valence-electron chi connectivity index (χ1n) is 5.46. The third-order valence-corrected chi connectivity index (χ3v) is 3.71. The minimum Gasteiger partial charge on any atom is -0.0656 e. The summed E-state index contributed by atoms with van der Waals surface area (Å²) in [5, 5.41) is 1.17. The van der Waals surface area contributed by atoms with Gasteiger partial charge in [-0.2, -0.15) is 0 Å². The van der Waals surface area contributed by atoms with Crippen LogP contribution in [0.15, 0.2) is 24.3 Å². The monoisotopic (exact) mass is 233 g/mol. The molecular weight excluding hydrogens is 212 g/mol. The second-order valence-electron chi connectivity index (χ2n) is 4.29. The van der Waals surface area contributed by atoms with Crippen LogP contribution < -0.4 is 5.19 Å². The van der Waals surface area contributed by atoms with Crippen molar-refractivity contribution in [2.75, 3.05) is 0 Å². The molecule has 0 fully saturated rings. The average molecular weight is 233 g/mol. The van der Waals surface area contributed by atoms with Gasteiger partial charge in [0.2, 0.25) is 0 Å². The lowest BCUT2D eigenvalue weighted by Crippen LogP contribution is -2.04. The SMILES string of the molecule is CC(C)[Si]C(C)C.Cc1ccccc1[Si]. The zero-order valence-electron chi connectivity index (χ0n) is 10.5. The van der Waals surface area contributed by atoms with Crippen molar-refractivity contribution in [2.45, 2.75) is 45.7 Å². The summed E-state index contributed by atoms with van der Waals surface area (Å²) in [6.45, 7) is 11.2. The largest absolute Gasteiger partial charge is 0.0715 e. The first-order valence-corrected chi connectivity index (χ1v) is 7.12. The van der Waals surface area contributed by atoms with Crippen LogP contribution in [0.25, 0.3) is 0 Å². The smallest absolute Gasteiger partial charge is 0.0656 e. The maximum absolute atomic E-state index is 3.44. The zero-order valence-corrected chi connectivity index (χ0v) is 12.5. The highest BCUT2D eigenvalue weighted by molar-refractivity contribution is 6.38. The molecule has 0 unspecified atom stereocenters. The number of aryl methyl sites for hydroxylation is 1. The lowest BCUT2D eigenvalue weighted by Gasteiger charge is -2.03. The van der Waals surface area contributed by atoms with E-state index in [-0.39, 0.29) is 0 Å². The van der Waals surface area contributed by atoms with E-state index in [0.29, 0.717) is 0 Å². The summed E-state index contributed by atoms with van der Waals surface area (Å²) in [7, 11) is 4.59.